The fourth-order valence-corrected chi connectivity index (χ4v) is 1.48. The van der Waals surface area contributed by atoms with Gasteiger partial charge in [-0.1, -0.05) is 11.6 Å². The van der Waals surface area contributed by atoms with Crippen molar-refractivity contribution in [3.05, 3.63) is 28.8 Å². The van der Waals surface area contributed by atoms with E-state index in [1.165, 1.54) is 0 Å². The van der Waals surface area contributed by atoms with E-state index < -0.39 is 0 Å². The highest BCUT2D eigenvalue weighted by atomic mass is 35.5. The van der Waals surface area contributed by atoms with Crippen LogP contribution in [0.3, 0.4) is 0 Å². The van der Waals surface area contributed by atoms with E-state index >= 15 is 0 Å². The summed E-state index contributed by atoms with van der Waals surface area (Å²) in [5, 5.41) is 12.7. The molecule has 0 aliphatic heterocycles. The summed E-state index contributed by atoms with van der Waals surface area (Å²) in [5.74, 6) is 0. The summed E-state index contributed by atoms with van der Waals surface area (Å²) < 4.78 is 0. The number of nitriles is 1. The van der Waals surface area contributed by atoms with Gasteiger partial charge in [0.05, 0.1) is 11.3 Å². The molecule has 0 radical (unpaired) electrons. The molecule has 3 nitrogen and oxygen atoms in total. The Morgan fingerprint density at radius 1 is 1.53 bits per heavy atom. The third-order valence-corrected chi connectivity index (χ3v) is 2.42. The first-order chi connectivity index (χ1) is 7.19. The van der Waals surface area contributed by atoms with Gasteiger partial charge in [0.2, 0.25) is 0 Å². The maximum absolute atomic E-state index is 8.95. The molecule has 0 spiro atoms. The zero-order valence-corrected chi connectivity index (χ0v) is 9.67. The van der Waals surface area contributed by atoms with Crippen LogP contribution in [0.25, 0.3) is 0 Å². The molecule has 0 atom stereocenters. The number of rotatable bonds is 4. The minimum atomic E-state index is 0.651. The number of anilines is 1. The standard InChI is InChI=1S/C11H14ClN3/c1-14-5-6-15(2)11-7-10(12)4-3-9(11)8-13/h3-4,7,14H,5-6H2,1-2H3. The van der Waals surface area contributed by atoms with Gasteiger partial charge in [0.25, 0.3) is 0 Å². The van der Waals surface area contributed by atoms with Gasteiger partial charge >= 0.3 is 0 Å². The van der Waals surface area contributed by atoms with Crippen LogP contribution in [0.2, 0.25) is 5.02 Å². The van der Waals surface area contributed by atoms with Crippen molar-refractivity contribution < 1.29 is 0 Å². The minimum Gasteiger partial charge on any atom is -0.372 e. The van der Waals surface area contributed by atoms with Gasteiger partial charge in [0.1, 0.15) is 6.07 Å². The van der Waals surface area contributed by atoms with Crippen molar-refractivity contribution in [2.45, 2.75) is 0 Å². The fourth-order valence-electron chi connectivity index (χ4n) is 1.32. The maximum Gasteiger partial charge on any atom is 0.101 e. The van der Waals surface area contributed by atoms with Crippen molar-refractivity contribution in [2.24, 2.45) is 0 Å². The summed E-state index contributed by atoms with van der Waals surface area (Å²) in [6.07, 6.45) is 0. The molecule has 1 rings (SSSR count). The molecule has 0 heterocycles. The lowest BCUT2D eigenvalue weighted by molar-refractivity contribution is 0.767. The summed E-state index contributed by atoms with van der Waals surface area (Å²) in [6.45, 7) is 1.71. The second kappa shape index (κ2) is 5.59. The first-order valence-corrected chi connectivity index (χ1v) is 5.12. The molecule has 0 unspecified atom stereocenters. The number of hydrogen-bond acceptors (Lipinski definition) is 3. The Morgan fingerprint density at radius 2 is 2.27 bits per heavy atom. The summed E-state index contributed by atoms with van der Waals surface area (Å²) in [5.41, 5.74) is 1.53. The number of hydrogen-bond donors (Lipinski definition) is 1. The van der Waals surface area contributed by atoms with Gasteiger partial charge < -0.3 is 10.2 Å². The van der Waals surface area contributed by atoms with E-state index in [0.717, 1.165) is 18.8 Å². The van der Waals surface area contributed by atoms with Crippen LogP contribution in [0, 0.1) is 11.3 Å². The predicted octanol–water partition coefficient (Wildman–Crippen LogP) is 1.87. The zero-order valence-electron chi connectivity index (χ0n) is 8.92. The van der Waals surface area contributed by atoms with Crippen LogP contribution >= 0.6 is 11.6 Å². The molecule has 0 saturated carbocycles. The van der Waals surface area contributed by atoms with Crippen molar-refractivity contribution in [1.29, 1.82) is 5.26 Å². The summed E-state index contributed by atoms with van der Waals surface area (Å²) in [6, 6.07) is 7.45. The Hall–Kier alpha value is -1.24. The molecule has 1 aromatic carbocycles. The van der Waals surface area contributed by atoms with Crippen LogP contribution in [0.4, 0.5) is 5.69 Å². The van der Waals surface area contributed by atoms with E-state index in [-0.39, 0.29) is 0 Å². The minimum absolute atomic E-state index is 0.651. The van der Waals surface area contributed by atoms with Crippen molar-refractivity contribution >= 4 is 17.3 Å². The third kappa shape index (κ3) is 3.12. The van der Waals surface area contributed by atoms with Gasteiger partial charge in [-0.15, -0.1) is 0 Å². The van der Waals surface area contributed by atoms with Gasteiger partial charge in [-0.3, -0.25) is 0 Å². The number of benzene rings is 1. The highest BCUT2D eigenvalue weighted by Gasteiger charge is 2.07. The highest BCUT2D eigenvalue weighted by Crippen LogP contribution is 2.23. The number of likely N-dealkylation sites (N-methyl/N-ethyl adjacent to an activating group) is 2. The lowest BCUT2D eigenvalue weighted by Gasteiger charge is -2.20. The summed E-state index contributed by atoms with van der Waals surface area (Å²) in [4.78, 5) is 2.01. The fraction of sp³-hybridized carbons (Fsp3) is 0.364. The van der Waals surface area contributed by atoms with Crippen LogP contribution in [0.15, 0.2) is 18.2 Å². The first kappa shape index (κ1) is 11.8. The largest absolute Gasteiger partial charge is 0.372 e. The Kier molecular flexibility index (Phi) is 4.41. The molecule has 0 aliphatic rings. The van der Waals surface area contributed by atoms with Crippen LogP contribution in [-0.4, -0.2) is 27.2 Å². The molecule has 0 amide bonds. The highest BCUT2D eigenvalue weighted by molar-refractivity contribution is 6.30. The van der Waals surface area contributed by atoms with E-state index in [1.54, 1.807) is 12.1 Å². The Labute approximate surface area is 95.3 Å². The third-order valence-electron chi connectivity index (χ3n) is 2.19. The van der Waals surface area contributed by atoms with Gasteiger partial charge in [-0.25, -0.2) is 0 Å². The van der Waals surface area contributed by atoms with E-state index in [1.807, 2.05) is 25.1 Å². The van der Waals surface area contributed by atoms with Gasteiger partial charge in [-0.2, -0.15) is 5.26 Å². The topological polar surface area (TPSA) is 39.1 Å². The number of nitrogens with one attached hydrogen (secondary N) is 1. The maximum atomic E-state index is 8.95. The van der Waals surface area contributed by atoms with E-state index in [4.69, 9.17) is 16.9 Å². The van der Waals surface area contributed by atoms with E-state index in [0.29, 0.717) is 10.6 Å². The second-order valence-electron chi connectivity index (χ2n) is 3.30. The smallest absolute Gasteiger partial charge is 0.101 e. The molecule has 0 fully saturated rings. The van der Waals surface area contributed by atoms with Crippen LogP contribution in [0.1, 0.15) is 5.56 Å². The molecule has 0 aromatic heterocycles. The van der Waals surface area contributed by atoms with Crippen LogP contribution < -0.4 is 10.2 Å². The zero-order chi connectivity index (χ0) is 11.3. The molecule has 1 aromatic rings. The van der Waals surface area contributed by atoms with E-state index in [2.05, 4.69) is 11.4 Å². The molecular formula is C11H14ClN3. The van der Waals surface area contributed by atoms with Crippen molar-refractivity contribution in [2.75, 3.05) is 32.1 Å². The molecule has 1 N–H and O–H groups in total. The quantitative estimate of drug-likeness (QED) is 0.847. The summed E-state index contributed by atoms with van der Waals surface area (Å²) in [7, 11) is 3.85. The Bertz CT molecular complexity index is 371. The van der Waals surface area contributed by atoms with Crippen molar-refractivity contribution in [3.63, 3.8) is 0 Å². The van der Waals surface area contributed by atoms with E-state index in [9.17, 15) is 0 Å². The normalized spacial score (nSPS) is 9.73. The lowest BCUT2D eigenvalue weighted by Crippen LogP contribution is -2.27. The molecule has 80 valence electrons. The first-order valence-electron chi connectivity index (χ1n) is 4.74. The van der Waals surface area contributed by atoms with Gasteiger partial charge in [-0.05, 0) is 25.2 Å². The number of halogens is 1. The van der Waals surface area contributed by atoms with Gasteiger partial charge in [0.15, 0.2) is 0 Å². The lowest BCUT2D eigenvalue weighted by atomic mass is 10.2. The van der Waals surface area contributed by atoms with Crippen molar-refractivity contribution in [1.82, 2.24) is 5.32 Å². The Balaban J connectivity index is 2.91. The number of nitrogens with zero attached hydrogens (tertiary/aromatic N) is 2. The monoisotopic (exact) mass is 223 g/mol. The average Bonchev–Trinajstić information content (AvgIpc) is 2.25. The molecular weight excluding hydrogens is 210 g/mol. The molecule has 0 aliphatic carbocycles. The predicted molar refractivity (Wildman–Crippen MR) is 63.4 cm³/mol. The molecule has 0 bridgehead atoms. The SMILES string of the molecule is CNCCN(C)c1cc(Cl)ccc1C#N. The van der Waals surface area contributed by atoms with Gasteiger partial charge in [0, 0.05) is 25.2 Å². The average molecular weight is 224 g/mol. The molecule has 0 saturated heterocycles. The molecule has 4 heteroatoms. The summed E-state index contributed by atoms with van der Waals surface area (Å²) >= 11 is 5.90. The second-order valence-corrected chi connectivity index (χ2v) is 3.73. The molecule has 15 heavy (non-hydrogen) atoms. The Morgan fingerprint density at radius 3 is 2.87 bits per heavy atom. The van der Waals surface area contributed by atoms with Crippen LogP contribution in [-0.2, 0) is 0 Å². The van der Waals surface area contributed by atoms with Crippen LogP contribution in [0.5, 0.6) is 0 Å². The van der Waals surface area contributed by atoms with Crippen molar-refractivity contribution in [3.8, 4) is 6.07 Å².